The molecule has 1 aliphatic rings. The Balaban J connectivity index is 2.93. The van der Waals surface area contributed by atoms with Crippen LogP contribution in [0.3, 0.4) is 0 Å². The molecule has 14 heteroatoms. The zero-order valence-corrected chi connectivity index (χ0v) is 25.8. The monoisotopic (exact) mass is 615 g/mol. The molecule has 0 bridgehead atoms. The van der Waals surface area contributed by atoms with Crippen molar-refractivity contribution in [3.8, 4) is 0 Å². The van der Waals surface area contributed by atoms with Gasteiger partial charge in [-0.05, 0) is 25.3 Å². The smallest absolute Gasteiger partial charge is 0.407 e. The molecular weight excluding hydrogens is 577 g/mol. The van der Waals surface area contributed by atoms with Crippen molar-refractivity contribution in [3.05, 3.63) is 12.7 Å². The third-order valence-electron chi connectivity index (χ3n) is 5.82. The summed E-state index contributed by atoms with van der Waals surface area (Å²) in [6.45, 7) is 10.0. The lowest BCUT2D eigenvalue weighted by Crippen LogP contribution is -2.52. The summed E-state index contributed by atoms with van der Waals surface area (Å²) in [5.74, 6) is -1.11. The van der Waals surface area contributed by atoms with Gasteiger partial charge in [-0.1, -0.05) is 73.4 Å². The van der Waals surface area contributed by atoms with Gasteiger partial charge < -0.3 is 29.7 Å². The Morgan fingerprint density at radius 1 is 1.11 bits per heavy atom. The third-order valence-corrected chi connectivity index (χ3v) is 7.85. The number of methoxy groups -OCH3 is 1. The van der Waals surface area contributed by atoms with Gasteiger partial charge in [-0.2, -0.15) is 0 Å². The lowest BCUT2D eigenvalue weighted by atomic mass is 10.1. The number of hydrogen-bond donors (Lipinski definition) is 2. The van der Waals surface area contributed by atoms with Gasteiger partial charge >= 0.3 is 18.2 Å². The topological polar surface area (TPSA) is 123 Å². The van der Waals surface area contributed by atoms with Crippen molar-refractivity contribution in [2.45, 2.75) is 86.1 Å². The number of nitrogens with one attached hydrogen (secondary N) is 2. The Morgan fingerprint density at radius 2 is 1.79 bits per heavy atom. The van der Waals surface area contributed by atoms with Gasteiger partial charge in [0, 0.05) is 21.0 Å². The minimum atomic E-state index is -1.78. The number of carbonyl (C=O) groups excluding carboxylic acids is 4. The molecule has 218 valence electrons. The number of unbranched alkanes of at least 4 members (excludes halogenated alkanes) is 3. The molecule has 38 heavy (non-hydrogen) atoms. The van der Waals surface area contributed by atoms with Crippen LogP contribution in [-0.2, 0) is 23.8 Å². The lowest BCUT2D eigenvalue weighted by molar-refractivity contribution is -0.151. The number of alkyl carbamates (subject to hydrolysis) is 2. The number of allylic oxidation sites excluding steroid dienone is 1. The van der Waals surface area contributed by atoms with Crippen LogP contribution in [0.4, 0.5) is 9.59 Å². The minimum absolute atomic E-state index is 0.000778. The number of carbonyl (C=O) groups is 4. The van der Waals surface area contributed by atoms with Crippen LogP contribution >= 0.6 is 34.8 Å². The number of alkyl halides is 3. The van der Waals surface area contributed by atoms with Crippen LogP contribution in [0.15, 0.2) is 12.7 Å². The van der Waals surface area contributed by atoms with Crippen molar-refractivity contribution in [2.75, 3.05) is 26.9 Å². The Kier molecular flexibility index (Phi) is 14.8. The molecule has 1 rings (SSSR count). The van der Waals surface area contributed by atoms with Crippen LogP contribution in [-0.4, -0.2) is 85.8 Å². The number of likely N-dealkylation sites (tertiary alicyclic amines) is 1. The first-order valence-corrected chi connectivity index (χ1v) is 17.4. The highest BCUT2D eigenvalue weighted by molar-refractivity contribution is 6.76. The summed E-state index contributed by atoms with van der Waals surface area (Å²) >= 11 is 16.8. The van der Waals surface area contributed by atoms with E-state index in [1.165, 1.54) is 12.0 Å². The van der Waals surface area contributed by atoms with Gasteiger partial charge in [0.15, 0.2) is 0 Å². The van der Waals surface area contributed by atoms with Crippen molar-refractivity contribution in [1.82, 2.24) is 15.5 Å². The van der Waals surface area contributed by atoms with Crippen molar-refractivity contribution in [2.24, 2.45) is 0 Å². The van der Waals surface area contributed by atoms with Gasteiger partial charge in [-0.3, -0.25) is 4.79 Å². The standard InChI is InChI=1S/C24H40Cl3N3O7Si/c1-6-7-8-9-10-11-18(29-23(34)36-12-13-38(3,4)5)20(31)30-15-17(14-19(30)21(32)35-2)28-22(33)37-16-24(25,26)27/h6,17-19H,1,7-16H2,2-5H3,(H,28,33)(H,29,34). The number of amides is 3. The van der Waals surface area contributed by atoms with Crippen molar-refractivity contribution in [3.63, 3.8) is 0 Å². The van der Waals surface area contributed by atoms with Crippen molar-refractivity contribution < 1.29 is 33.4 Å². The molecule has 10 nitrogen and oxygen atoms in total. The first-order valence-electron chi connectivity index (χ1n) is 12.6. The molecule has 0 saturated carbocycles. The van der Waals surface area contributed by atoms with E-state index in [-0.39, 0.29) is 19.6 Å². The van der Waals surface area contributed by atoms with Gasteiger partial charge in [0.1, 0.15) is 18.7 Å². The van der Waals surface area contributed by atoms with Crippen molar-refractivity contribution >= 4 is 66.9 Å². The first-order chi connectivity index (χ1) is 17.7. The van der Waals surface area contributed by atoms with Crippen LogP contribution in [0, 0.1) is 0 Å². The average molecular weight is 617 g/mol. The molecule has 3 atom stereocenters. The quantitative estimate of drug-likeness (QED) is 0.0718. The number of ether oxygens (including phenoxy) is 3. The fourth-order valence-electron chi connectivity index (χ4n) is 3.80. The number of hydrogen-bond acceptors (Lipinski definition) is 7. The number of nitrogens with zero attached hydrogens (tertiary/aromatic N) is 1. The van der Waals surface area contributed by atoms with Crippen LogP contribution in [0.1, 0.15) is 38.5 Å². The number of esters is 1. The molecule has 1 aliphatic heterocycles. The molecule has 1 saturated heterocycles. The fourth-order valence-corrected chi connectivity index (χ4v) is 4.68. The summed E-state index contributed by atoms with van der Waals surface area (Å²) < 4.78 is 13.3. The van der Waals surface area contributed by atoms with Gasteiger partial charge in [0.25, 0.3) is 0 Å². The summed E-state index contributed by atoms with van der Waals surface area (Å²) in [6.07, 6.45) is 3.98. The predicted molar refractivity (Wildman–Crippen MR) is 150 cm³/mol. The SMILES string of the molecule is C=CCCCCCC(NC(=O)OCC[Si](C)(C)C)C(=O)N1CC(NC(=O)OCC(Cl)(Cl)Cl)CC1C(=O)OC. The molecule has 1 heterocycles. The van der Waals surface area contributed by atoms with Crippen LogP contribution in [0.5, 0.6) is 0 Å². The lowest BCUT2D eigenvalue weighted by Gasteiger charge is -2.28. The maximum atomic E-state index is 13.6. The molecule has 0 aromatic carbocycles. The van der Waals surface area contributed by atoms with E-state index < -0.39 is 60.7 Å². The maximum absolute atomic E-state index is 13.6. The van der Waals surface area contributed by atoms with Gasteiger partial charge in [-0.25, -0.2) is 14.4 Å². The molecular formula is C24H40Cl3N3O7Si. The van der Waals surface area contributed by atoms with Gasteiger partial charge in [0.05, 0.1) is 19.8 Å². The van der Waals surface area contributed by atoms with E-state index >= 15 is 0 Å². The van der Waals surface area contributed by atoms with E-state index in [2.05, 4.69) is 36.9 Å². The summed E-state index contributed by atoms with van der Waals surface area (Å²) in [7, 11) is -0.197. The van der Waals surface area contributed by atoms with E-state index in [1.54, 1.807) is 0 Å². The van der Waals surface area contributed by atoms with Gasteiger partial charge in [-0.15, -0.1) is 6.58 Å². The summed E-state index contributed by atoms with van der Waals surface area (Å²) in [5.41, 5.74) is 0. The Morgan fingerprint density at radius 3 is 2.37 bits per heavy atom. The van der Waals surface area contributed by atoms with Crippen LogP contribution in [0.25, 0.3) is 0 Å². The molecule has 0 spiro atoms. The molecule has 1 fully saturated rings. The van der Waals surface area contributed by atoms with Crippen molar-refractivity contribution in [1.29, 1.82) is 0 Å². The fraction of sp³-hybridized carbons (Fsp3) is 0.750. The molecule has 3 unspecified atom stereocenters. The maximum Gasteiger partial charge on any atom is 0.407 e. The second kappa shape index (κ2) is 16.4. The summed E-state index contributed by atoms with van der Waals surface area (Å²) in [5, 5.41) is 5.25. The molecule has 2 N–H and O–H groups in total. The highest BCUT2D eigenvalue weighted by Gasteiger charge is 2.43. The second-order valence-electron chi connectivity index (χ2n) is 10.4. The van der Waals surface area contributed by atoms with Crippen LogP contribution < -0.4 is 10.6 Å². The largest absolute Gasteiger partial charge is 0.467 e. The molecule has 0 aliphatic carbocycles. The van der Waals surface area contributed by atoms with E-state index in [0.29, 0.717) is 12.8 Å². The van der Waals surface area contributed by atoms with E-state index in [9.17, 15) is 19.2 Å². The first kappa shape index (κ1) is 34.3. The molecule has 0 aromatic rings. The number of rotatable bonds is 14. The third kappa shape index (κ3) is 13.9. The van der Waals surface area contributed by atoms with Gasteiger partial charge in [0.2, 0.25) is 9.70 Å². The molecule has 0 radical (unpaired) electrons. The zero-order chi connectivity index (χ0) is 28.9. The highest BCUT2D eigenvalue weighted by atomic mass is 35.6. The van der Waals surface area contributed by atoms with E-state index in [1.807, 2.05) is 6.08 Å². The Labute approximate surface area is 241 Å². The Hall–Kier alpha value is -1.69. The normalized spacial score (nSPS) is 18.3. The highest BCUT2D eigenvalue weighted by Crippen LogP contribution is 2.26. The second-order valence-corrected chi connectivity index (χ2v) is 18.5. The van der Waals surface area contributed by atoms with E-state index in [4.69, 9.17) is 49.0 Å². The summed E-state index contributed by atoms with van der Waals surface area (Å²) in [4.78, 5) is 52.1. The minimum Gasteiger partial charge on any atom is -0.467 e. The molecule has 3 amide bonds. The Bertz CT molecular complexity index is 821. The summed E-state index contributed by atoms with van der Waals surface area (Å²) in [6, 6.07) is -1.71. The predicted octanol–water partition coefficient (Wildman–Crippen LogP) is 4.79. The van der Waals surface area contributed by atoms with Crippen LogP contribution in [0.2, 0.25) is 25.7 Å². The number of halogens is 3. The molecule has 0 aromatic heterocycles. The van der Waals surface area contributed by atoms with E-state index in [0.717, 1.165) is 25.3 Å². The zero-order valence-electron chi connectivity index (χ0n) is 22.5. The average Bonchev–Trinajstić information content (AvgIpc) is 3.23.